The van der Waals surface area contributed by atoms with Crippen LogP contribution in [-0.4, -0.2) is 23.1 Å². The first-order chi connectivity index (χ1) is 8.31. The van der Waals surface area contributed by atoms with Crippen LogP contribution in [0.4, 0.5) is 17.6 Å². The number of rotatable bonds is 4. The molecule has 1 N–H and O–H groups in total. The van der Waals surface area contributed by atoms with Gasteiger partial charge in [-0.15, -0.1) is 0 Å². The molecule has 0 aromatic heterocycles. The van der Waals surface area contributed by atoms with Crippen LogP contribution < -0.4 is 0 Å². The molecule has 1 aromatic rings. The highest BCUT2D eigenvalue weighted by Gasteiger charge is 2.31. The van der Waals surface area contributed by atoms with Gasteiger partial charge in [0.1, 0.15) is 6.29 Å². The summed E-state index contributed by atoms with van der Waals surface area (Å²) in [6.07, 6.45) is -0.330. The predicted octanol–water partition coefficient (Wildman–Crippen LogP) is 1.33. The summed E-state index contributed by atoms with van der Waals surface area (Å²) >= 11 is 0. The van der Waals surface area contributed by atoms with Crippen molar-refractivity contribution in [1.82, 2.24) is 0 Å². The number of aldehydes is 1. The van der Waals surface area contributed by atoms with Crippen LogP contribution in [0.5, 0.6) is 0 Å². The molecule has 0 radical (unpaired) electrons. The topological polar surface area (TPSA) is 71.4 Å². The lowest BCUT2D eigenvalue weighted by Gasteiger charge is -2.07. The van der Waals surface area contributed by atoms with Crippen LogP contribution in [-0.2, 0) is 9.59 Å². The molecule has 0 saturated heterocycles. The molecule has 0 amide bonds. The minimum absolute atomic E-state index is 0.00444. The molecule has 8 heteroatoms. The highest BCUT2D eigenvalue weighted by molar-refractivity contribution is 6.17. The van der Waals surface area contributed by atoms with Gasteiger partial charge < -0.3 is 9.90 Å². The average molecular weight is 264 g/mol. The summed E-state index contributed by atoms with van der Waals surface area (Å²) in [6.45, 7) is 0. The van der Waals surface area contributed by atoms with Crippen molar-refractivity contribution in [1.29, 1.82) is 0 Å². The number of Topliss-reactive ketones (excluding diaryl/α,β-unsaturated/α-hetero) is 1. The summed E-state index contributed by atoms with van der Waals surface area (Å²) < 4.78 is 51.3. The molecule has 0 fully saturated rings. The van der Waals surface area contributed by atoms with Crippen LogP contribution in [0.15, 0.2) is 6.07 Å². The molecule has 18 heavy (non-hydrogen) atoms. The zero-order valence-electron chi connectivity index (χ0n) is 8.42. The quantitative estimate of drug-likeness (QED) is 0.222. The van der Waals surface area contributed by atoms with Crippen LogP contribution in [0.25, 0.3) is 0 Å². The second-order valence-electron chi connectivity index (χ2n) is 3.16. The highest BCUT2D eigenvalue weighted by atomic mass is 19.2. The van der Waals surface area contributed by atoms with Gasteiger partial charge in [-0.3, -0.25) is 9.59 Å². The first-order valence-electron chi connectivity index (χ1n) is 4.36. The Labute approximate surface area is 96.8 Å². The third-order valence-electron chi connectivity index (χ3n) is 2.05. The number of hydrogen-bond donors (Lipinski definition) is 1. The Hall–Kier alpha value is -2.25. The van der Waals surface area contributed by atoms with Crippen LogP contribution in [0, 0.1) is 29.2 Å². The molecular formula is C10H4F4O4. The fourth-order valence-corrected chi connectivity index (χ4v) is 1.15. The SMILES string of the molecule is O=CC(C(=O)O)C(=O)c1cc(F)c(F)c(F)c1F. The van der Waals surface area contributed by atoms with Gasteiger partial charge in [-0.25, -0.2) is 17.6 Å². The predicted molar refractivity (Wildman–Crippen MR) is 47.8 cm³/mol. The fraction of sp³-hybridized carbons (Fsp3) is 0.100. The van der Waals surface area contributed by atoms with Crippen molar-refractivity contribution in [3.63, 3.8) is 0 Å². The number of carbonyl (C=O) groups excluding carboxylic acids is 2. The molecule has 0 bridgehead atoms. The van der Waals surface area contributed by atoms with E-state index in [9.17, 15) is 31.9 Å². The number of ketones is 1. The van der Waals surface area contributed by atoms with E-state index >= 15 is 0 Å². The molecule has 0 saturated carbocycles. The minimum Gasteiger partial charge on any atom is -0.480 e. The van der Waals surface area contributed by atoms with Gasteiger partial charge in [0.05, 0.1) is 5.56 Å². The minimum atomic E-state index is -2.32. The summed E-state index contributed by atoms with van der Waals surface area (Å²) in [6, 6.07) is -0.00444. The smallest absolute Gasteiger partial charge is 0.321 e. The van der Waals surface area contributed by atoms with Gasteiger partial charge in [0.2, 0.25) is 0 Å². The van der Waals surface area contributed by atoms with Gasteiger partial charge >= 0.3 is 5.97 Å². The van der Waals surface area contributed by atoms with Crippen molar-refractivity contribution in [2.45, 2.75) is 0 Å². The van der Waals surface area contributed by atoms with Crippen LogP contribution in [0.2, 0.25) is 0 Å². The second-order valence-corrected chi connectivity index (χ2v) is 3.16. The van der Waals surface area contributed by atoms with E-state index in [1.54, 1.807) is 0 Å². The molecule has 4 nitrogen and oxygen atoms in total. The van der Waals surface area contributed by atoms with Crippen molar-refractivity contribution in [2.75, 3.05) is 0 Å². The van der Waals surface area contributed by atoms with E-state index in [1.165, 1.54) is 0 Å². The van der Waals surface area contributed by atoms with Gasteiger partial charge in [0.25, 0.3) is 0 Å². The third kappa shape index (κ3) is 2.22. The first kappa shape index (κ1) is 13.8. The maximum Gasteiger partial charge on any atom is 0.321 e. The normalized spacial score (nSPS) is 12.0. The average Bonchev–Trinajstić information content (AvgIpc) is 2.31. The molecule has 1 rings (SSSR count). The molecule has 0 spiro atoms. The van der Waals surface area contributed by atoms with Crippen molar-refractivity contribution in [3.05, 3.63) is 34.9 Å². The van der Waals surface area contributed by atoms with E-state index in [2.05, 4.69) is 0 Å². The molecule has 0 heterocycles. The van der Waals surface area contributed by atoms with Crippen molar-refractivity contribution in [3.8, 4) is 0 Å². The summed E-state index contributed by atoms with van der Waals surface area (Å²) in [7, 11) is 0. The second kappa shape index (κ2) is 4.94. The number of carbonyl (C=O) groups is 3. The number of carboxylic acid groups (broad SMARTS) is 1. The van der Waals surface area contributed by atoms with E-state index in [0.717, 1.165) is 0 Å². The molecule has 0 aliphatic carbocycles. The number of aliphatic carboxylic acids is 1. The monoisotopic (exact) mass is 264 g/mol. The van der Waals surface area contributed by atoms with Gasteiger partial charge in [-0.05, 0) is 6.07 Å². The lowest BCUT2D eigenvalue weighted by Crippen LogP contribution is -2.26. The third-order valence-corrected chi connectivity index (χ3v) is 2.05. The summed E-state index contributed by atoms with van der Waals surface area (Å²) in [4.78, 5) is 32.1. The lowest BCUT2D eigenvalue weighted by molar-refractivity contribution is -0.141. The van der Waals surface area contributed by atoms with E-state index in [1.807, 2.05) is 0 Å². The van der Waals surface area contributed by atoms with Gasteiger partial charge in [-0.2, -0.15) is 0 Å². The number of halogens is 4. The fourth-order valence-electron chi connectivity index (χ4n) is 1.15. The largest absolute Gasteiger partial charge is 0.480 e. The Balaban J connectivity index is 3.38. The summed E-state index contributed by atoms with van der Waals surface area (Å²) in [5.41, 5.74) is -1.34. The Morgan fingerprint density at radius 2 is 1.67 bits per heavy atom. The highest BCUT2D eigenvalue weighted by Crippen LogP contribution is 2.21. The summed E-state index contributed by atoms with van der Waals surface area (Å²) in [5, 5.41) is 8.45. The Bertz CT molecular complexity index is 541. The number of carboxylic acids is 1. The van der Waals surface area contributed by atoms with E-state index in [0.29, 0.717) is 0 Å². The van der Waals surface area contributed by atoms with Gasteiger partial charge in [0, 0.05) is 0 Å². The lowest BCUT2D eigenvalue weighted by atomic mass is 9.98. The van der Waals surface area contributed by atoms with Gasteiger partial charge in [0.15, 0.2) is 35.0 Å². The number of hydrogen-bond acceptors (Lipinski definition) is 3. The van der Waals surface area contributed by atoms with Crippen molar-refractivity contribution in [2.24, 2.45) is 5.92 Å². The van der Waals surface area contributed by atoms with Crippen LogP contribution >= 0.6 is 0 Å². The molecule has 96 valence electrons. The Morgan fingerprint density at radius 3 is 2.11 bits per heavy atom. The maximum atomic E-state index is 13.1. The van der Waals surface area contributed by atoms with E-state index < -0.39 is 46.5 Å². The molecule has 1 atom stereocenters. The van der Waals surface area contributed by atoms with Crippen LogP contribution in [0.1, 0.15) is 10.4 Å². The van der Waals surface area contributed by atoms with E-state index in [4.69, 9.17) is 5.11 Å². The van der Waals surface area contributed by atoms with Crippen molar-refractivity contribution < 1.29 is 37.1 Å². The standard InChI is InChI=1S/C10H4F4O4/c11-5-1-3(6(12)8(14)7(5)13)9(16)4(2-15)10(17)18/h1-2,4H,(H,17,18). The maximum absolute atomic E-state index is 13.1. The zero-order valence-corrected chi connectivity index (χ0v) is 8.42. The first-order valence-corrected chi connectivity index (χ1v) is 4.36. The molecule has 1 unspecified atom stereocenters. The Morgan fingerprint density at radius 1 is 1.11 bits per heavy atom. The molecule has 0 aliphatic rings. The van der Waals surface area contributed by atoms with Crippen molar-refractivity contribution >= 4 is 18.0 Å². The molecular weight excluding hydrogens is 260 g/mol. The molecule has 1 aromatic carbocycles. The summed E-state index contributed by atoms with van der Waals surface area (Å²) in [5.74, 6) is -14.2. The zero-order chi connectivity index (χ0) is 14.0. The molecule has 0 aliphatic heterocycles. The van der Waals surface area contributed by atoms with E-state index in [-0.39, 0.29) is 12.4 Å². The number of benzene rings is 1. The Kier molecular flexibility index (Phi) is 3.79. The van der Waals surface area contributed by atoms with Gasteiger partial charge in [-0.1, -0.05) is 0 Å². The van der Waals surface area contributed by atoms with Crippen LogP contribution in [0.3, 0.4) is 0 Å².